The maximum atomic E-state index is 13.8. The summed E-state index contributed by atoms with van der Waals surface area (Å²) in [4.78, 5) is 2.35. The van der Waals surface area contributed by atoms with Crippen molar-refractivity contribution in [3.63, 3.8) is 0 Å². The third kappa shape index (κ3) is 3.77. The SMILES string of the molecule is CCC1CN(Cc2ccc(Br)cc2F)CCCN1. The molecule has 0 bridgehead atoms. The van der Waals surface area contributed by atoms with E-state index in [0.29, 0.717) is 12.6 Å². The molecule has 1 aliphatic heterocycles. The fourth-order valence-corrected chi connectivity index (χ4v) is 2.72. The van der Waals surface area contributed by atoms with Crippen LogP contribution >= 0.6 is 15.9 Å². The lowest BCUT2D eigenvalue weighted by Crippen LogP contribution is -2.36. The van der Waals surface area contributed by atoms with Crippen molar-refractivity contribution in [1.82, 2.24) is 10.2 Å². The van der Waals surface area contributed by atoms with Gasteiger partial charge in [-0.2, -0.15) is 0 Å². The Kier molecular flexibility index (Phi) is 5.15. The van der Waals surface area contributed by atoms with Crippen LogP contribution in [0.1, 0.15) is 25.3 Å². The van der Waals surface area contributed by atoms with Crippen LogP contribution < -0.4 is 5.32 Å². The number of benzene rings is 1. The van der Waals surface area contributed by atoms with Crippen LogP contribution in [0.15, 0.2) is 22.7 Å². The Balaban J connectivity index is 2.02. The fourth-order valence-electron chi connectivity index (χ4n) is 2.38. The summed E-state index contributed by atoms with van der Waals surface area (Å²) in [6, 6.07) is 5.86. The quantitative estimate of drug-likeness (QED) is 0.922. The second-order valence-corrected chi connectivity index (χ2v) is 5.80. The summed E-state index contributed by atoms with van der Waals surface area (Å²) in [5.74, 6) is -0.116. The largest absolute Gasteiger partial charge is 0.313 e. The molecule has 0 saturated carbocycles. The molecule has 1 fully saturated rings. The van der Waals surface area contributed by atoms with Gasteiger partial charge in [-0.3, -0.25) is 4.90 Å². The van der Waals surface area contributed by atoms with Crippen molar-refractivity contribution >= 4 is 15.9 Å². The monoisotopic (exact) mass is 314 g/mol. The third-order valence-corrected chi connectivity index (χ3v) is 3.96. The van der Waals surface area contributed by atoms with Crippen molar-refractivity contribution in [3.05, 3.63) is 34.1 Å². The van der Waals surface area contributed by atoms with Gasteiger partial charge in [0.05, 0.1) is 0 Å². The molecule has 0 aliphatic carbocycles. The van der Waals surface area contributed by atoms with E-state index in [1.54, 1.807) is 6.07 Å². The van der Waals surface area contributed by atoms with E-state index in [9.17, 15) is 4.39 Å². The molecule has 2 nitrogen and oxygen atoms in total. The molecule has 1 heterocycles. The second kappa shape index (κ2) is 6.64. The van der Waals surface area contributed by atoms with E-state index in [0.717, 1.165) is 42.5 Å². The number of halogens is 2. The predicted octanol–water partition coefficient (Wildman–Crippen LogP) is 3.16. The van der Waals surface area contributed by atoms with Crippen LogP contribution in [0.5, 0.6) is 0 Å². The fraction of sp³-hybridized carbons (Fsp3) is 0.571. The van der Waals surface area contributed by atoms with Gasteiger partial charge in [0.1, 0.15) is 5.82 Å². The van der Waals surface area contributed by atoms with Gasteiger partial charge in [-0.15, -0.1) is 0 Å². The molecular formula is C14H20BrFN2. The minimum Gasteiger partial charge on any atom is -0.313 e. The first-order valence-corrected chi connectivity index (χ1v) is 7.38. The molecule has 2 rings (SSSR count). The van der Waals surface area contributed by atoms with E-state index in [-0.39, 0.29) is 5.82 Å². The first-order chi connectivity index (χ1) is 8.69. The van der Waals surface area contributed by atoms with Crippen LogP contribution in [-0.2, 0) is 6.54 Å². The lowest BCUT2D eigenvalue weighted by atomic mass is 10.1. The second-order valence-electron chi connectivity index (χ2n) is 4.88. The normalized spacial score (nSPS) is 21.8. The smallest absolute Gasteiger partial charge is 0.128 e. The molecule has 0 spiro atoms. The molecular weight excluding hydrogens is 295 g/mol. The number of rotatable bonds is 3. The molecule has 0 aromatic heterocycles. The average Bonchev–Trinajstić information content (AvgIpc) is 2.58. The zero-order valence-corrected chi connectivity index (χ0v) is 12.3. The maximum Gasteiger partial charge on any atom is 0.128 e. The van der Waals surface area contributed by atoms with Gasteiger partial charge >= 0.3 is 0 Å². The van der Waals surface area contributed by atoms with Crippen LogP contribution in [0, 0.1) is 5.82 Å². The summed E-state index contributed by atoms with van der Waals surface area (Å²) in [6.45, 7) is 6.02. The topological polar surface area (TPSA) is 15.3 Å². The molecule has 0 radical (unpaired) electrons. The number of nitrogens with one attached hydrogen (secondary N) is 1. The van der Waals surface area contributed by atoms with Crippen LogP contribution in [0.25, 0.3) is 0 Å². The van der Waals surface area contributed by atoms with Crippen LogP contribution in [-0.4, -0.2) is 30.6 Å². The minimum absolute atomic E-state index is 0.116. The van der Waals surface area contributed by atoms with Gasteiger partial charge in [0.2, 0.25) is 0 Å². The van der Waals surface area contributed by atoms with Crippen molar-refractivity contribution in [2.24, 2.45) is 0 Å². The Morgan fingerprint density at radius 3 is 3.06 bits per heavy atom. The van der Waals surface area contributed by atoms with Crippen LogP contribution in [0.4, 0.5) is 4.39 Å². The molecule has 0 amide bonds. The van der Waals surface area contributed by atoms with E-state index in [2.05, 4.69) is 33.1 Å². The Morgan fingerprint density at radius 2 is 2.33 bits per heavy atom. The number of hydrogen-bond acceptors (Lipinski definition) is 2. The van der Waals surface area contributed by atoms with Gasteiger partial charge in [0.15, 0.2) is 0 Å². The highest BCUT2D eigenvalue weighted by molar-refractivity contribution is 9.10. The van der Waals surface area contributed by atoms with E-state index in [1.165, 1.54) is 0 Å². The Morgan fingerprint density at radius 1 is 1.50 bits per heavy atom. The van der Waals surface area contributed by atoms with Gasteiger partial charge < -0.3 is 5.32 Å². The van der Waals surface area contributed by atoms with Crippen molar-refractivity contribution < 1.29 is 4.39 Å². The van der Waals surface area contributed by atoms with E-state index in [1.807, 2.05) is 12.1 Å². The molecule has 18 heavy (non-hydrogen) atoms. The zero-order valence-electron chi connectivity index (χ0n) is 10.8. The Labute approximate surface area is 117 Å². The molecule has 1 N–H and O–H groups in total. The summed E-state index contributed by atoms with van der Waals surface area (Å²) in [5, 5.41) is 3.53. The van der Waals surface area contributed by atoms with Gasteiger partial charge in [-0.05, 0) is 38.1 Å². The van der Waals surface area contributed by atoms with Gasteiger partial charge in [0, 0.05) is 29.2 Å². The summed E-state index contributed by atoms with van der Waals surface area (Å²) in [5.41, 5.74) is 0.787. The van der Waals surface area contributed by atoms with Crippen molar-refractivity contribution in [3.8, 4) is 0 Å². The molecule has 1 unspecified atom stereocenters. The summed E-state index contributed by atoms with van der Waals surface area (Å²) >= 11 is 3.29. The molecule has 1 aliphatic rings. The highest BCUT2D eigenvalue weighted by Gasteiger charge is 2.17. The standard InChI is InChI=1S/C14H20BrFN2/c1-2-13-10-18(7-3-6-17-13)9-11-4-5-12(15)8-14(11)16/h4-5,8,13,17H,2-3,6-7,9-10H2,1H3. The molecule has 4 heteroatoms. The lowest BCUT2D eigenvalue weighted by Gasteiger charge is -2.23. The lowest BCUT2D eigenvalue weighted by molar-refractivity contribution is 0.254. The highest BCUT2D eigenvalue weighted by Crippen LogP contribution is 2.17. The summed E-state index contributed by atoms with van der Waals surface area (Å²) < 4.78 is 14.6. The molecule has 100 valence electrons. The van der Waals surface area contributed by atoms with E-state index >= 15 is 0 Å². The van der Waals surface area contributed by atoms with Crippen LogP contribution in [0.2, 0.25) is 0 Å². The maximum absolute atomic E-state index is 13.8. The van der Waals surface area contributed by atoms with Gasteiger partial charge in [-0.25, -0.2) is 4.39 Å². The van der Waals surface area contributed by atoms with E-state index < -0.39 is 0 Å². The first kappa shape index (κ1) is 14.0. The van der Waals surface area contributed by atoms with Gasteiger partial charge in [-0.1, -0.05) is 28.9 Å². The van der Waals surface area contributed by atoms with Crippen LogP contribution in [0.3, 0.4) is 0 Å². The molecule has 1 atom stereocenters. The predicted molar refractivity (Wildman–Crippen MR) is 76.1 cm³/mol. The minimum atomic E-state index is -0.116. The molecule has 1 aromatic carbocycles. The highest BCUT2D eigenvalue weighted by atomic mass is 79.9. The summed E-state index contributed by atoms with van der Waals surface area (Å²) in [7, 11) is 0. The van der Waals surface area contributed by atoms with Crippen molar-refractivity contribution in [2.45, 2.75) is 32.4 Å². The molecule has 1 aromatic rings. The number of hydrogen-bond donors (Lipinski definition) is 1. The van der Waals surface area contributed by atoms with Crippen molar-refractivity contribution in [1.29, 1.82) is 0 Å². The van der Waals surface area contributed by atoms with Gasteiger partial charge in [0.25, 0.3) is 0 Å². The third-order valence-electron chi connectivity index (χ3n) is 3.46. The zero-order chi connectivity index (χ0) is 13.0. The van der Waals surface area contributed by atoms with Crippen molar-refractivity contribution in [2.75, 3.05) is 19.6 Å². The Hall–Kier alpha value is -0.450. The summed E-state index contributed by atoms with van der Waals surface area (Å²) in [6.07, 6.45) is 2.26. The molecule has 1 saturated heterocycles. The number of nitrogens with zero attached hydrogens (tertiary/aromatic N) is 1. The Bertz CT molecular complexity index is 397. The van der Waals surface area contributed by atoms with E-state index in [4.69, 9.17) is 0 Å². The average molecular weight is 315 g/mol. The first-order valence-electron chi connectivity index (χ1n) is 6.58.